The lowest BCUT2D eigenvalue weighted by Crippen LogP contribution is -2.56. The maximum Gasteiger partial charge on any atom is 0.269 e. The zero-order chi connectivity index (χ0) is 16.7. The Hall–Kier alpha value is -2.11. The van der Waals surface area contributed by atoms with Crippen molar-refractivity contribution >= 4 is 11.6 Å². The molecule has 6 heteroatoms. The summed E-state index contributed by atoms with van der Waals surface area (Å²) in [7, 11) is 0. The number of amides is 1. The molecule has 6 nitrogen and oxygen atoms in total. The van der Waals surface area contributed by atoms with Crippen molar-refractivity contribution in [1.29, 1.82) is 0 Å². The van der Waals surface area contributed by atoms with Crippen LogP contribution in [-0.2, 0) is 4.79 Å². The second-order valence-electron chi connectivity index (χ2n) is 7.56. The van der Waals surface area contributed by atoms with E-state index in [1.165, 1.54) is 56.4 Å². The van der Waals surface area contributed by atoms with Crippen LogP contribution in [0.5, 0.6) is 5.75 Å². The largest absolute Gasteiger partial charge is 0.484 e. The van der Waals surface area contributed by atoms with Crippen LogP contribution in [0.1, 0.15) is 32.1 Å². The highest BCUT2D eigenvalue weighted by Crippen LogP contribution is 2.53. The zero-order valence-corrected chi connectivity index (χ0v) is 13.5. The number of nitro groups is 1. The summed E-state index contributed by atoms with van der Waals surface area (Å²) in [5.41, 5.74) is 0.0143. The second-order valence-corrected chi connectivity index (χ2v) is 7.56. The molecule has 0 spiro atoms. The van der Waals surface area contributed by atoms with Gasteiger partial charge in [-0.2, -0.15) is 0 Å². The number of carbonyl (C=O) groups is 1. The zero-order valence-electron chi connectivity index (χ0n) is 13.5. The lowest BCUT2D eigenvalue weighted by molar-refractivity contribution is -0.384. The second kappa shape index (κ2) is 6.07. The van der Waals surface area contributed by atoms with Crippen LogP contribution in [0, 0.1) is 33.8 Å². The Kier molecular flexibility index (Phi) is 3.90. The van der Waals surface area contributed by atoms with Gasteiger partial charge >= 0.3 is 0 Å². The fourth-order valence-corrected chi connectivity index (χ4v) is 5.20. The number of nitrogens with one attached hydrogen (secondary N) is 1. The molecule has 0 aromatic heterocycles. The highest BCUT2D eigenvalue weighted by molar-refractivity contribution is 5.78. The first kappa shape index (κ1) is 15.4. The number of hydrogen-bond donors (Lipinski definition) is 1. The fourth-order valence-electron chi connectivity index (χ4n) is 5.20. The summed E-state index contributed by atoms with van der Waals surface area (Å²) in [6.07, 6.45) is 6.46. The van der Waals surface area contributed by atoms with Gasteiger partial charge in [0.25, 0.3) is 11.6 Å². The van der Waals surface area contributed by atoms with Crippen LogP contribution in [0.4, 0.5) is 5.69 Å². The van der Waals surface area contributed by atoms with Crippen molar-refractivity contribution in [3.63, 3.8) is 0 Å². The van der Waals surface area contributed by atoms with E-state index in [2.05, 4.69) is 5.32 Å². The van der Waals surface area contributed by atoms with E-state index in [9.17, 15) is 14.9 Å². The highest BCUT2D eigenvalue weighted by Gasteiger charge is 2.48. The van der Waals surface area contributed by atoms with E-state index in [4.69, 9.17) is 4.74 Å². The summed E-state index contributed by atoms with van der Waals surface area (Å²) < 4.78 is 5.46. The lowest BCUT2D eigenvalue weighted by atomic mass is 9.54. The Morgan fingerprint density at radius 1 is 1.08 bits per heavy atom. The van der Waals surface area contributed by atoms with Gasteiger partial charge in [-0.05, 0) is 67.9 Å². The van der Waals surface area contributed by atoms with Crippen molar-refractivity contribution in [2.24, 2.45) is 23.7 Å². The van der Waals surface area contributed by atoms with Gasteiger partial charge in [0.2, 0.25) is 0 Å². The molecule has 5 rings (SSSR count). The summed E-state index contributed by atoms with van der Waals surface area (Å²) in [5.74, 6) is 3.44. The third-order valence-electron chi connectivity index (χ3n) is 5.97. The molecule has 1 aromatic carbocycles. The van der Waals surface area contributed by atoms with Crippen molar-refractivity contribution < 1.29 is 14.5 Å². The van der Waals surface area contributed by atoms with E-state index in [0.717, 1.165) is 11.8 Å². The minimum Gasteiger partial charge on any atom is -0.484 e. The van der Waals surface area contributed by atoms with Crippen LogP contribution >= 0.6 is 0 Å². The predicted molar refractivity (Wildman–Crippen MR) is 87.6 cm³/mol. The normalized spacial score (nSPS) is 33.2. The molecule has 1 N–H and O–H groups in total. The monoisotopic (exact) mass is 330 g/mol. The average molecular weight is 330 g/mol. The molecule has 0 unspecified atom stereocenters. The van der Waals surface area contributed by atoms with E-state index in [-0.39, 0.29) is 18.2 Å². The molecule has 0 saturated heterocycles. The molecule has 4 fully saturated rings. The SMILES string of the molecule is O=C(COc1ccc([N+](=O)[O-])cc1)NC1C2CC3CC(C2)CC1C3. The topological polar surface area (TPSA) is 81.5 Å². The first-order chi connectivity index (χ1) is 11.6. The Morgan fingerprint density at radius 3 is 2.21 bits per heavy atom. The van der Waals surface area contributed by atoms with Gasteiger partial charge in [0.15, 0.2) is 6.61 Å². The highest BCUT2D eigenvalue weighted by atomic mass is 16.6. The molecule has 0 radical (unpaired) electrons. The average Bonchev–Trinajstić information content (AvgIpc) is 2.56. The lowest BCUT2D eigenvalue weighted by Gasteiger charge is -2.54. The predicted octanol–water partition coefficient (Wildman–Crippen LogP) is 2.91. The number of rotatable bonds is 5. The summed E-state index contributed by atoms with van der Waals surface area (Å²) in [6, 6.07) is 6.12. The van der Waals surface area contributed by atoms with Crippen LogP contribution in [-0.4, -0.2) is 23.5 Å². The standard InChI is InChI=1S/C18H22N2O4/c21-17(10-24-16-3-1-15(2-4-16)20(22)23)19-18-13-6-11-5-12(8-13)9-14(18)7-11/h1-4,11-14,18H,5-10H2,(H,19,21). The van der Waals surface area contributed by atoms with E-state index in [1.54, 1.807) is 0 Å². The minimum absolute atomic E-state index is 0.0143. The van der Waals surface area contributed by atoms with Crippen LogP contribution in [0.3, 0.4) is 0 Å². The summed E-state index contributed by atoms with van der Waals surface area (Å²) >= 11 is 0. The van der Waals surface area contributed by atoms with Crippen molar-refractivity contribution in [2.75, 3.05) is 6.61 Å². The van der Waals surface area contributed by atoms with Crippen LogP contribution in [0.25, 0.3) is 0 Å². The molecule has 128 valence electrons. The maximum absolute atomic E-state index is 12.2. The Balaban J connectivity index is 1.30. The molecule has 24 heavy (non-hydrogen) atoms. The van der Waals surface area contributed by atoms with Crippen molar-refractivity contribution in [2.45, 2.75) is 38.1 Å². The first-order valence-electron chi connectivity index (χ1n) is 8.75. The molecular formula is C18H22N2O4. The summed E-state index contributed by atoms with van der Waals surface area (Å²) in [4.78, 5) is 22.4. The van der Waals surface area contributed by atoms with Crippen LogP contribution in [0.15, 0.2) is 24.3 Å². The molecule has 4 aliphatic carbocycles. The number of nitro benzene ring substituents is 1. The van der Waals surface area contributed by atoms with Gasteiger partial charge < -0.3 is 10.1 Å². The van der Waals surface area contributed by atoms with Gasteiger partial charge in [-0.1, -0.05) is 0 Å². The third kappa shape index (κ3) is 2.97. The molecule has 0 aliphatic heterocycles. The van der Waals surface area contributed by atoms with E-state index in [0.29, 0.717) is 23.6 Å². The van der Waals surface area contributed by atoms with Gasteiger partial charge in [0, 0.05) is 18.2 Å². The quantitative estimate of drug-likeness (QED) is 0.665. The number of non-ortho nitro benzene ring substituents is 1. The molecule has 1 amide bonds. The maximum atomic E-state index is 12.2. The Morgan fingerprint density at radius 2 is 1.67 bits per heavy atom. The van der Waals surface area contributed by atoms with Gasteiger partial charge in [-0.25, -0.2) is 0 Å². The van der Waals surface area contributed by atoms with Gasteiger partial charge in [-0.3, -0.25) is 14.9 Å². The molecule has 0 atom stereocenters. The van der Waals surface area contributed by atoms with E-state index >= 15 is 0 Å². The molecule has 4 saturated carbocycles. The number of carbonyl (C=O) groups excluding carboxylic acids is 1. The Labute approximate surface area is 140 Å². The number of hydrogen-bond acceptors (Lipinski definition) is 4. The van der Waals surface area contributed by atoms with Crippen LogP contribution < -0.4 is 10.1 Å². The number of nitrogens with zero attached hydrogens (tertiary/aromatic N) is 1. The van der Waals surface area contributed by atoms with Crippen molar-refractivity contribution in [3.8, 4) is 5.75 Å². The van der Waals surface area contributed by atoms with E-state index < -0.39 is 4.92 Å². The third-order valence-corrected chi connectivity index (χ3v) is 5.97. The molecule has 0 heterocycles. The molecular weight excluding hydrogens is 308 g/mol. The molecule has 1 aromatic rings. The van der Waals surface area contributed by atoms with Crippen LogP contribution in [0.2, 0.25) is 0 Å². The summed E-state index contributed by atoms with van der Waals surface area (Å²) in [5, 5.41) is 13.8. The molecule has 4 bridgehead atoms. The number of ether oxygens (including phenoxy) is 1. The molecule has 4 aliphatic rings. The smallest absolute Gasteiger partial charge is 0.269 e. The van der Waals surface area contributed by atoms with Gasteiger partial charge in [0.1, 0.15) is 5.75 Å². The first-order valence-corrected chi connectivity index (χ1v) is 8.75. The fraction of sp³-hybridized carbons (Fsp3) is 0.611. The van der Waals surface area contributed by atoms with Crippen molar-refractivity contribution in [3.05, 3.63) is 34.4 Å². The summed E-state index contributed by atoms with van der Waals surface area (Å²) in [6.45, 7) is -0.0411. The Bertz CT molecular complexity index is 615. The van der Waals surface area contributed by atoms with Gasteiger partial charge in [0.05, 0.1) is 4.92 Å². The minimum atomic E-state index is -0.455. The van der Waals surface area contributed by atoms with E-state index in [1.807, 2.05) is 0 Å². The number of benzene rings is 1. The van der Waals surface area contributed by atoms with Gasteiger partial charge in [-0.15, -0.1) is 0 Å². The van der Waals surface area contributed by atoms with Crippen molar-refractivity contribution in [1.82, 2.24) is 5.32 Å².